The lowest BCUT2D eigenvalue weighted by Crippen LogP contribution is -2.37. The van der Waals surface area contributed by atoms with Crippen molar-refractivity contribution in [2.45, 2.75) is 64.1 Å². The van der Waals surface area contributed by atoms with E-state index in [2.05, 4.69) is 71.5 Å². The molecule has 0 aliphatic carbocycles. The number of aryl methyl sites for hydroxylation is 1. The molecule has 5 rings (SSSR count). The second-order valence-corrected chi connectivity index (χ2v) is 8.64. The van der Waals surface area contributed by atoms with Crippen LogP contribution in [0.1, 0.15) is 56.1 Å². The first kappa shape index (κ1) is 17.7. The molecule has 0 radical (unpaired) electrons. The van der Waals surface area contributed by atoms with Gasteiger partial charge in [-0.3, -0.25) is 0 Å². The van der Waals surface area contributed by atoms with E-state index in [1.54, 1.807) is 0 Å². The Labute approximate surface area is 167 Å². The van der Waals surface area contributed by atoms with Crippen molar-refractivity contribution in [1.82, 2.24) is 14.9 Å². The molecule has 0 amide bonds. The van der Waals surface area contributed by atoms with Crippen LogP contribution in [0.2, 0.25) is 0 Å². The zero-order chi connectivity index (χ0) is 19.1. The SMILES string of the molecule is C[C@H]1C[C@@H](n2c(Cc3ccccc3)nc3c4c(ccc32)N[C@@H](C)CC4)CCN1. The molecule has 146 valence electrons. The summed E-state index contributed by atoms with van der Waals surface area (Å²) in [5.41, 5.74) is 6.56. The van der Waals surface area contributed by atoms with Gasteiger partial charge in [0.05, 0.1) is 11.0 Å². The largest absolute Gasteiger partial charge is 0.382 e. The first-order chi connectivity index (χ1) is 13.7. The van der Waals surface area contributed by atoms with Crippen molar-refractivity contribution < 1.29 is 0 Å². The van der Waals surface area contributed by atoms with Gasteiger partial charge in [-0.2, -0.15) is 0 Å². The topological polar surface area (TPSA) is 41.9 Å². The van der Waals surface area contributed by atoms with Gasteiger partial charge in [-0.1, -0.05) is 30.3 Å². The number of nitrogens with zero attached hydrogens (tertiary/aromatic N) is 2. The smallest absolute Gasteiger partial charge is 0.114 e. The van der Waals surface area contributed by atoms with Crippen LogP contribution in [0.3, 0.4) is 0 Å². The van der Waals surface area contributed by atoms with Gasteiger partial charge in [0.1, 0.15) is 5.82 Å². The molecule has 4 heteroatoms. The van der Waals surface area contributed by atoms with Crippen molar-refractivity contribution in [3.63, 3.8) is 0 Å². The third kappa shape index (κ3) is 3.20. The van der Waals surface area contributed by atoms with E-state index in [0.29, 0.717) is 18.1 Å². The molecule has 0 saturated carbocycles. The van der Waals surface area contributed by atoms with Gasteiger partial charge in [-0.05, 0) is 63.8 Å². The Morgan fingerprint density at radius 3 is 2.71 bits per heavy atom. The molecule has 2 aromatic carbocycles. The average molecular weight is 375 g/mol. The number of benzene rings is 2. The number of piperidine rings is 1. The zero-order valence-electron chi connectivity index (χ0n) is 16.9. The van der Waals surface area contributed by atoms with Gasteiger partial charge < -0.3 is 15.2 Å². The summed E-state index contributed by atoms with van der Waals surface area (Å²) in [4.78, 5) is 5.25. The van der Waals surface area contributed by atoms with Crippen LogP contribution in [0.4, 0.5) is 5.69 Å². The lowest BCUT2D eigenvalue weighted by atomic mass is 9.97. The number of hydrogen-bond donors (Lipinski definition) is 2. The highest BCUT2D eigenvalue weighted by Gasteiger charge is 2.27. The van der Waals surface area contributed by atoms with E-state index in [1.165, 1.54) is 52.9 Å². The van der Waals surface area contributed by atoms with Crippen molar-refractivity contribution in [1.29, 1.82) is 0 Å². The molecule has 1 saturated heterocycles. The van der Waals surface area contributed by atoms with Crippen molar-refractivity contribution in [2.24, 2.45) is 0 Å². The molecule has 28 heavy (non-hydrogen) atoms. The van der Waals surface area contributed by atoms with Gasteiger partial charge in [0.2, 0.25) is 0 Å². The number of imidazole rings is 1. The Morgan fingerprint density at radius 1 is 1.04 bits per heavy atom. The molecule has 0 spiro atoms. The highest BCUT2D eigenvalue weighted by Crippen LogP contribution is 2.36. The Bertz CT molecular complexity index is 975. The van der Waals surface area contributed by atoms with Crippen molar-refractivity contribution in [3.05, 3.63) is 59.4 Å². The Kier molecular flexibility index (Phi) is 4.59. The Hall–Kier alpha value is -2.33. The first-order valence-corrected chi connectivity index (χ1v) is 10.8. The third-order valence-corrected chi connectivity index (χ3v) is 6.44. The molecule has 1 fully saturated rings. The van der Waals surface area contributed by atoms with Crippen LogP contribution >= 0.6 is 0 Å². The van der Waals surface area contributed by atoms with E-state index >= 15 is 0 Å². The highest BCUT2D eigenvalue weighted by molar-refractivity contribution is 5.86. The van der Waals surface area contributed by atoms with Crippen LogP contribution in [-0.4, -0.2) is 28.2 Å². The van der Waals surface area contributed by atoms with Crippen LogP contribution in [-0.2, 0) is 12.8 Å². The molecule has 0 bridgehead atoms. The molecular weight excluding hydrogens is 344 g/mol. The number of hydrogen-bond acceptors (Lipinski definition) is 3. The number of fused-ring (bicyclic) bond motifs is 3. The van der Waals surface area contributed by atoms with Crippen molar-refractivity contribution in [2.75, 3.05) is 11.9 Å². The minimum atomic E-state index is 0.522. The molecular formula is C24H30N4. The summed E-state index contributed by atoms with van der Waals surface area (Å²) >= 11 is 0. The van der Waals surface area contributed by atoms with E-state index in [0.717, 1.165) is 19.4 Å². The van der Waals surface area contributed by atoms with Crippen LogP contribution in [0.25, 0.3) is 11.0 Å². The van der Waals surface area contributed by atoms with Gasteiger partial charge in [0.25, 0.3) is 0 Å². The highest BCUT2D eigenvalue weighted by atomic mass is 15.1. The third-order valence-electron chi connectivity index (χ3n) is 6.44. The van der Waals surface area contributed by atoms with Gasteiger partial charge in [-0.25, -0.2) is 4.98 Å². The monoisotopic (exact) mass is 374 g/mol. The fourth-order valence-electron chi connectivity index (χ4n) is 5.00. The standard InChI is InChI=1S/C24H30N4/c1-16-8-9-20-21(26-16)10-11-22-24(20)27-23(15-18-6-4-3-5-7-18)28(22)19-12-13-25-17(2)14-19/h3-7,10-11,16-17,19,25-26H,8-9,12-15H2,1-2H3/t16-,17-,19-/m0/s1. The molecule has 3 aromatic rings. The molecule has 2 aliphatic heterocycles. The molecule has 1 aromatic heterocycles. The second-order valence-electron chi connectivity index (χ2n) is 8.64. The van der Waals surface area contributed by atoms with Crippen LogP contribution in [0.5, 0.6) is 0 Å². The predicted octanol–water partition coefficient (Wildman–Crippen LogP) is 4.69. The van der Waals surface area contributed by atoms with Gasteiger partial charge in [-0.15, -0.1) is 0 Å². The minimum absolute atomic E-state index is 0.522. The number of rotatable bonds is 3. The van der Waals surface area contributed by atoms with E-state index in [4.69, 9.17) is 4.98 Å². The summed E-state index contributed by atoms with van der Waals surface area (Å²) in [6.45, 7) is 5.65. The summed E-state index contributed by atoms with van der Waals surface area (Å²) in [6, 6.07) is 17.0. The maximum atomic E-state index is 5.25. The van der Waals surface area contributed by atoms with Crippen LogP contribution in [0.15, 0.2) is 42.5 Å². The number of anilines is 1. The number of aromatic nitrogens is 2. The lowest BCUT2D eigenvalue weighted by molar-refractivity contribution is 0.314. The molecule has 3 atom stereocenters. The molecule has 2 aliphatic rings. The first-order valence-electron chi connectivity index (χ1n) is 10.8. The average Bonchev–Trinajstić information content (AvgIpc) is 3.06. The summed E-state index contributed by atoms with van der Waals surface area (Å²) in [5.74, 6) is 1.22. The number of nitrogens with one attached hydrogen (secondary N) is 2. The van der Waals surface area contributed by atoms with Crippen LogP contribution in [0, 0.1) is 0 Å². The second kappa shape index (κ2) is 7.25. The van der Waals surface area contributed by atoms with E-state index in [9.17, 15) is 0 Å². The van der Waals surface area contributed by atoms with Crippen molar-refractivity contribution >= 4 is 16.7 Å². The molecule has 4 nitrogen and oxygen atoms in total. The normalized spacial score (nSPS) is 24.7. The van der Waals surface area contributed by atoms with Crippen LogP contribution < -0.4 is 10.6 Å². The summed E-state index contributed by atoms with van der Waals surface area (Å²) in [6.07, 6.45) is 5.53. The summed E-state index contributed by atoms with van der Waals surface area (Å²) < 4.78 is 2.57. The lowest BCUT2D eigenvalue weighted by Gasteiger charge is -2.31. The maximum Gasteiger partial charge on any atom is 0.114 e. The van der Waals surface area contributed by atoms with Gasteiger partial charge in [0, 0.05) is 35.8 Å². The quantitative estimate of drug-likeness (QED) is 0.699. The van der Waals surface area contributed by atoms with E-state index < -0.39 is 0 Å². The minimum Gasteiger partial charge on any atom is -0.382 e. The molecule has 2 N–H and O–H groups in total. The maximum absolute atomic E-state index is 5.25. The zero-order valence-corrected chi connectivity index (χ0v) is 16.9. The fraction of sp³-hybridized carbons (Fsp3) is 0.458. The Morgan fingerprint density at radius 2 is 1.89 bits per heavy atom. The molecule has 3 heterocycles. The summed E-state index contributed by atoms with van der Waals surface area (Å²) in [5, 5.41) is 7.26. The Balaban J connectivity index is 1.64. The van der Waals surface area contributed by atoms with Gasteiger partial charge >= 0.3 is 0 Å². The van der Waals surface area contributed by atoms with E-state index in [-0.39, 0.29) is 0 Å². The predicted molar refractivity (Wildman–Crippen MR) is 116 cm³/mol. The molecule has 0 unspecified atom stereocenters. The van der Waals surface area contributed by atoms with E-state index in [1.807, 2.05) is 0 Å². The summed E-state index contributed by atoms with van der Waals surface area (Å²) in [7, 11) is 0. The van der Waals surface area contributed by atoms with Gasteiger partial charge in [0.15, 0.2) is 0 Å². The fourth-order valence-corrected chi connectivity index (χ4v) is 5.00. The van der Waals surface area contributed by atoms with Crippen molar-refractivity contribution in [3.8, 4) is 0 Å².